The van der Waals surface area contributed by atoms with Crippen LogP contribution in [0.2, 0.25) is 0 Å². The van der Waals surface area contributed by atoms with Crippen molar-refractivity contribution in [3.63, 3.8) is 0 Å². The summed E-state index contributed by atoms with van der Waals surface area (Å²) in [7, 11) is 0. The highest BCUT2D eigenvalue weighted by molar-refractivity contribution is 6.10. The summed E-state index contributed by atoms with van der Waals surface area (Å²) in [6.07, 6.45) is 0. The number of anilines is 3. The number of nitrogens with zero attached hydrogens (tertiary/aromatic N) is 1. The maximum Gasteiger partial charge on any atom is 0.159 e. The smallest absolute Gasteiger partial charge is 0.159 e. The van der Waals surface area contributed by atoms with E-state index < -0.39 is 0 Å². The van der Waals surface area contributed by atoms with Crippen molar-refractivity contribution < 1.29 is 4.42 Å². The Morgan fingerprint density at radius 2 is 0.826 bits per heavy atom. The summed E-state index contributed by atoms with van der Waals surface area (Å²) in [5.41, 5.74) is 11.8. The molecule has 7 aromatic carbocycles. The van der Waals surface area contributed by atoms with Crippen LogP contribution in [-0.2, 0) is 0 Å². The summed E-state index contributed by atoms with van der Waals surface area (Å²) in [6.45, 7) is 0. The molecule has 0 aliphatic heterocycles. The van der Waals surface area contributed by atoms with E-state index in [4.69, 9.17) is 4.42 Å². The maximum absolute atomic E-state index is 6.56. The Balaban J connectivity index is 1.40. The van der Waals surface area contributed by atoms with Gasteiger partial charge in [0, 0.05) is 22.1 Å². The van der Waals surface area contributed by atoms with Crippen LogP contribution < -0.4 is 4.90 Å². The molecule has 0 fully saturated rings. The fourth-order valence-corrected chi connectivity index (χ4v) is 6.44. The van der Waals surface area contributed by atoms with Crippen LogP contribution in [0.25, 0.3) is 33.1 Å². The van der Waals surface area contributed by atoms with Gasteiger partial charge < -0.3 is 9.32 Å². The molecule has 0 amide bonds. The van der Waals surface area contributed by atoms with Gasteiger partial charge in [0.05, 0.1) is 5.69 Å². The second kappa shape index (κ2) is 12.1. The van der Waals surface area contributed by atoms with E-state index in [2.05, 4.69) is 181 Å². The molecule has 0 aliphatic carbocycles. The average molecular weight is 590 g/mol. The summed E-state index contributed by atoms with van der Waals surface area (Å²) in [5, 5.41) is 2.22. The fourth-order valence-electron chi connectivity index (χ4n) is 6.44. The summed E-state index contributed by atoms with van der Waals surface area (Å²) in [5.74, 6) is 0. The van der Waals surface area contributed by atoms with Crippen LogP contribution in [0.1, 0.15) is 22.3 Å². The highest BCUT2D eigenvalue weighted by Crippen LogP contribution is 2.44. The summed E-state index contributed by atoms with van der Waals surface area (Å²) >= 11 is 0. The van der Waals surface area contributed by atoms with Gasteiger partial charge in [0.2, 0.25) is 0 Å². The molecule has 8 rings (SSSR count). The van der Waals surface area contributed by atoms with Gasteiger partial charge in [0.1, 0.15) is 5.58 Å². The first-order valence-electron chi connectivity index (χ1n) is 15.6. The highest BCUT2D eigenvalue weighted by Gasteiger charge is 2.21. The molecule has 2 heteroatoms. The van der Waals surface area contributed by atoms with Crippen LogP contribution in [0.5, 0.6) is 0 Å². The first kappa shape index (κ1) is 27.4. The standard InChI is InChI=1S/C44H31NO/c1-5-17-32(18-6-1)42(33-19-7-2-8-20-33)43(34-21-9-3-10-22-34)35-23-15-26-37(31-35)45(36-24-11-4-12-25-36)40-29-16-28-39-38-27-13-14-30-41(38)46-44(39)40/h1-31H. The van der Waals surface area contributed by atoms with Gasteiger partial charge in [-0.25, -0.2) is 0 Å². The van der Waals surface area contributed by atoms with Crippen molar-refractivity contribution in [3.8, 4) is 0 Å². The number of hydrogen-bond acceptors (Lipinski definition) is 2. The van der Waals surface area contributed by atoms with E-state index in [1.54, 1.807) is 0 Å². The van der Waals surface area contributed by atoms with E-state index in [9.17, 15) is 0 Å². The Kier molecular flexibility index (Phi) is 7.22. The zero-order chi connectivity index (χ0) is 30.7. The van der Waals surface area contributed by atoms with Crippen LogP contribution in [-0.4, -0.2) is 0 Å². The van der Waals surface area contributed by atoms with Gasteiger partial charge in [-0.2, -0.15) is 0 Å². The van der Waals surface area contributed by atoms with Crippen LogP contribution in [0.3, 0.4) is 0 Å². The highest BCUT2D eigenvalue weighted by atomic mass is 16.3. The van der Waals surface area contributed by atoms with E-state index in [0.29, 0.717) is 0 Å². The lowest BCUT2D eigenvalue weighted by molar-refractivity contribution is 0.669. The third-order valence-corrected chi connectivity index (χ3v) is 8.47. The molecule has 8 aromatic rings. The molecule has 218 valence electrons. The minimum absolute atomic E-state index is 0.867. The summed E-state index contributed by atoms with van der Waals surface area (Å²) in [4.78, 5) is 2.31. The second-order valence-electron chi connectivity index (χ2n) is 11.3. The van der Waals surface area contributed by atoms with Crippen molar-refractivity contribution in [1.29, 1.82) is 0 Å². The Bertz CT molecular complexity index is 2240. The largest absolute Gasteiger partial charge is 0.454 e. The molecule has 0 N–H and O–H groups in total. The number of furan rings is 1. The lowest BCUT2D eigenvalue weighted by Crippen LogP contribution is -2.10. The monoisotopic (exact) mass is 589 g/mol. The summed E-state index contributed by atoms with van der Waals surface area (Å²) < 4.78 is 6.56. The molecule has 0 radical (unpaired) electrons. The van der Waals surface area contributed by atoms with Gasteiger partial charge in [0.25, 0.3) is 0 Å². The van der Waals surface area contributed by atoms with Gasteiger partial charge >= 0.3 is 0 Å². The Labute approximate surface area is 269 Å². The lowest BCUT2D eigenvalue weighted by Gasteiger charge is -2.26. The minimum Gasteiger partial charge on any atom is -0.454 e. The zero-order valence-corrected chi connectivity index (χ0v) is 25.3. The van der Waals surface area contributed by atoms with Gasteiger partial charge in [-0.1, -0.05) is 152 Å². The molecular weight excluding hydrogens is 558 g/mol. The molecule has 0 saturated heterocycles. The maximum atomic E-state index is 6.56. The molecule has 1 aromatic heterocycles. The third-order valence-electron chi connectivity index (χ3n) is 8.47. The van der Waals surface area contributed by atoms with Crippen LogP contribution in [0.4, 0.5) is 17.1 Å². The molecule has 1 heterocycles. The Morgan fingerprint density at radius 3 is 1.46 bits per heavy atom. The topological polar surface area (TPSA) is 16.4 Å². The van der Waals surface area contributed by atoms with E-state index in [1.807, 2.05) is 12.1 Å². The predicted molar refractivity (Wildman–Crippen MR) is 193 cm³/mol. The van der Waals surface area contributed by atoms with E-state index in [0.717, 1.165) is 50.1 Å². The van der Waals surface area contributed by atoms with Crippen molar-refractivity contribution in [2.75, 3.05) is 4.90 Å². The Hall–Kier alpha value is -6.12. The molecule has 46 heavy (non-hydrogen) atoms. The molecule has 0 unspecified atom stereocenters. The van der Waals surface area contributed by atoms with E-state index in [-0.39, 0.29) is 0 Å². The van der Waals surface area contributed by atoms with Gasteiger partial charge in [-0.3, -0.25) is 0 Å². The molecule has 0 bridgehead atoms. The van der Waals surface area contributed by atoms with Crippen molar-refractivity contribution in [3.05, 3.63) is 210 Å². The Morgan fingerprint density at radius 1 is 0.370 bits per heavy atom. The predicted octanol–water partition coefficient (Wildman–Crippen LogP) is 12.1. The van der Waals surface area contributed by atoms with E-state index >= 15 is 0 Å². The van der Waals surface area contributed by atoms with Crippen LogP contribution in [0.15, 0.2) is 192 Å². The van der Waals surface area contributed by atoms with E-state index in [1.165, 1.54) is 22.3 Å². The fraction of sp³-hybridized carbons (Fsp3) is 0. The molecule has 0 atom stereocenters. The minimum atomic E-state index is 0.867. The van der Waals surface area contributed by atoms with Gasteiger partial charge in [-0.05, 0) is 69.8 Å². The number of para-hydroxylation sites is 3. The SMILES string of the molecule is c1ccc(C(=C(c2ccccc2)c2cccc(N(c3ccccc3)c3cccc4c3oc3ccccc34)c2)c2ccccc2)cc1. The molecular formula is C44H31NO. The first-order chi connectivity index (χ1) is 22.8. The van der Waals surface area contributed by atoms with Crippen molar-refractivity contribution >= 4 is 50.1 Å². The number of rotatable bonds is 7. The van der Waals surface area contributed by atoms with Crippen molar-refractivity contribution in [2.45, 2.75) is 0 Å². The third kappa shape index (κ3) is 5.06. The average Bonchev–Trinajstić information content (AvgIpc) is 3.52. The molecule has 0 saturated carbocycles. The summed E-state index contributed by atoms with van der Waals surface area (Å²) in [6, 6.07) is 66.2. The van der Waals surface area contributed by atoms with Gasteiger partial charge in [0.15, 0.2) is 5.58 Å². The normalized spacial score (nSPS) is 11.0. The van der Waals surface area contributed by atoms with Crippen LogP contribution >= 0.6 is 0 Å². The lowest BCUT2D eigenvalue weighted by atomic mass is 9.85. The van der Waals surface area contributed by atoms with Crippen molar-refractivity contribution in [2.24, 2.45) is 0 Å². The number of benzene rings is 7. The zero-order valence-electron chi connectivity index (χ0n) is 25.3. The van der Waals surface area contributed by atoms with Gasteiger partial charge in [-0.15, -0.1) is 0 Å². The second-order valence-corrected chi connectivity index (χ2v) is 11.3. The first-order valence-corrected chi connectivity index (χ1v) is 15.6. The van der Waals surface area contributed by atoms with Crippen LogP contribution in [0, 0.1) is 0 Å². The quantitative estimate of drug-likeness (QED) is 0.172. The molecule has 0 spiro atoms. The molecule has 2 nitrogen and oxygen atoms in total. The number of hydrogen-bond donors (Lipinski definition) is 0. The van der Waals surface area contributed by atoms with Crippen molar-refractivity contribution in [1.82, 2.24) is 0 Å². The number of fused-ring (bicyclic) bond motifs is 3. The molecule has 0 aliphatic rings.